The van der Waals surface area contributed by atoms with Crippen LogP contribution in [0.1, 0.15) is 40.3 Å². The number of carbonyl (C=O) groups is 2. The van der Waals surface area contributed by atoms with Crippen LogP contribution in [0.3, 0.4) is 0 Å². The number of H-pyrrole nitrogens is 1. The van der Waals surface area contributed by atoms with Crippen LogP contribution in [0.2, 0.25) is 0 Å². The summed E-state index contributed by atoms with van der Waals surface area (Å²) in [5.74, 6) is -0.569. The summed E-state index contributed by atoms with van der Waals surface area (Å²) in [5, 5.41) is 13.8. The van der Waals surface area contributed by atoms with E-state index >= 15 is 0 Å². The lowest BCUT2D eigenvalue weighted by Crippen LogP contribution is -2.31. The molecule has 0 unspecified atom stereocenters. The number of pyridine rings is 2. The van der Waals surface area contributed by atoms with Gasteiger partial charge in [0.15, 0.2) is 5.65 Å². The van der Waals surface area contributed by atoms with E-state index in [1.54, 1.807) is 47.3 Å². The summed E-state index contributed by atoms with van der Waals surface area (Å²) in [5.41, 5.74) is 3.95. The second kappa shape index (κ2) is 8.78. The zero-order valence-corrected chi connectivity index (χ0v) is 18.7. The average Bonchev–Trinajstić information content (AvgIpc) is 3.46. The summed E-state index contributed by atoms with van der Waals surface area (Å²) in [4.78, 5) is 35.3. The first-order chi connectivity index (χ1) is 16.5. The molecule has 0 fully saturated rings. The molecule has 1 aromatic carbocycles. The van der Waals surface area contributed by atoms with Crippen LogP contribution >= 0.6 is 0 Å². The number of imidazole rings is 1. The molecule has 4 aromatic heterocycles. The predicted molar refractivity (Wildman–Crippen MR) is 128 cm³/mol. The molecule has 0 aliphatic heterocycles. The molecule has 170 valence electrons. The molecule has 0 saturated heterocycles. The molecule has 0 saturated carbocycles. The fourth-order valence-corrected chi connectivity index (χ4v) is 3.85. The molecule has 3 N–H and O–H groups in total. The Hall–Kier alpha value is -4.53. The van der Waals surface area contributed by atoms with Gasteiger partial charge >= 0.3 is 0 Å². The van der Waals surface area contributed by atoms with Gasteiger partial charge in [-0.05, 0) is 55.8 Å². The Morgan fingerprint density at radius 3 is 2.76 bits per heavy atom. The van der Waals surface area contributed by atoms with Crippen molar-refractivity contribution in [1.82, 2.24) is 35.2 Å². The van der Waals surface area contributed by atoms with E-state index in [0.717, 1.165) is 16.5 Å². The topological polar surface area (TPSA) is 117 Å². The lowest BCUT2D eigenvalue weighted by Gasteiger charge is -2.10. The maximum atomic E-state index is 13.2. The van der Waals surface area contributed by atoms with E-state index in [4.69, 9.17) is 0 Å². The summed E-state index contributed by atoms with van der Waals surface area (Å²) in [7, 11) is 0. The van der Waals surface area contributed by atoms with E-state index in [2.05, 4.69) is 30.8 Å². The molecule has 5 rings (SSSR count). The largest absolute Gasteiger partial charge is 0.349 e. The first kappa shape index (κ1) is 21.3. The van der Waals surface area contributed by atoms with Gasteiger partial charge < -0.3 is 10.6 Å². The van der Waals surface area contributed by atoms with Crippen molar-refractivity contribution in [3.63, 3.8) is 0 Å². The molecule has 0 aliphatic rings. The Balaban J connectivity index is 1.51. The fourth-order valence-electron chi connectivity index (χ4n) is 3.85. The number of aromatic amines is 1. The molecular formula is C25H23N7O2. The highest BCUT2D eigenvalue weighted by molar-refractivity contribution is 6.04. The van der Waals surface area contributed by atoms with Crippen LogP contribution in [0.25, 0.3) is 27.9 Å². The Kier molecular flexibility index (Phi) is 5.51. The molecular weight excluding hydrogens is 430 g/mol. The summed E-state index contributed by atoms with van der Waals surface area (Å²) in [6, 6.07) is 14.6. The summed E-state index contributed by atoms with van der Waals surface area (Å²) < 4.78 is 1.65. The molecule has 9 heteroatoms. The molecule has 9 nitrogen and oxygen atoms in total. The molecule has 5 aromatic rings. The molecule has 0 spiro atoms. The second-order valence-corrected chi connectivity index (χ2v) is 8.24. The summed E-state index contributed by atoms with van der Waals surface area (Å²) in [6.45, 7) is 4.12. The number of amides is 2. The average molecular weight is 454 g/mol. The summed E-state index contributed by atoms with van der Waals surface area (Å²) in [6.07, 6.45) is 5.12. The molecule has 4 heterocycles. The van der Waals surface area contributed by atoms with E-state index in [-0.39, 0.29) is 17.9 Å². The van der Waals surface area contributed by atoms with Crippen molar-refractivity contribution in [2.75, 3.05) is 0 Å². The Morgan fingerprint density at radius 1 is 1.09 bits per heavy atom. The maximum absolute atomic E-state index is 13.2. The zero-order chi connectivity index (χ0) is 23.7. The van der Waals surface area contributed by atoms with Gasteiger partial charge in [-0.2, -0.15) is 5.10 Å². The van der Waals surface area contributed by atoms with Crippen LogP contribution in [-0.4, -0.2) is 42.4 Å². The van der Waals surface area contributed by atoms with Crippen molar-refractivity contribution in [3.05, 3.63) is 83.9 Å². The molecule has 0 atom stereocenters. The first-order valence-corrected chi connectivity index (χ1v) is 10.9. The van der Waals surface area contributed by atoms with Gasteiger partial charge in [0.25, 0.3) is 11.8 Å². The number of aromatic nitrogens is 5. The minimum absolute atomic E-state index is 0.0614. The molecule has 0 bridgehead atoms. The van der Waals surface area contributed by atoms with Crippen LogP contribution in [0.4, 0.5) is 0 Å². The van der Waals surface area contributed by atoms with Crippen LogP contribution in [0, 0.1) is 0 Å². The first-order valence-electron chi connectivity index (χ1n) is 10.9. The van der Waals surface area contributed by atoms with Crippen LogP contribution in [-0.2, 0) is 6.54 Å². The Bertz CT molecular complexity index is 1500. The number of benzene rings is 1. The van der Waals surface area contributed by atoms with E-state index in [1.807, 2.05) is 38.1 Å². The van der Waals surface area contributed by atoms with E-state index < -0.39 is 0 Å². The van der Waals surface area contributed by atoms with Gasteiger partial charge in [0.05, 0.1) is 23.0 Å². The Morgan fingerprint density at radius 2 is 1.97 bits per heavy atom. The van der Waals surface area contributed by atoms with Gasteiger partial charge in [-0.1, -0.05) is 12.1 Å². The smallest absolute Gasteiger partial charge is 0.270 e. The van der Waals surface area contributed by atoms with Crippen molar-refractivity contribution in [2.45, 2.75) is 26.4 Å². The molecule has 0 aliphatic carbocycles. The lowest BCUT2D eigenvalue weighted by molar-refractivity contribution is 0.0932. The number of hydrogen-bond donors (Lipinski definition) is 3. The number of nitrogens with zero attached hydrogens (tertiary/aromatic N) is 4. The van der Waals surface area contributed by atoms with Crippen molar-refractivity contribution in [3.8, 4) is 11.4 Å². The SMILES string of the molecule is CC(C)NC(=O)c1c(-c2ccccn2)nc2c(C(=O)NCc3ccc4[nH]ncc4c3)cccn12. The van der Waals surface area contributed by atoms with Crippen molar-refractivity contribution < 1.29 is 9.59 Å². The molecule has 2 amide bonds. The van der Waals surface area contributed by atoms with E-state index in [9.17, 15) is 9.59 Å². The van der Waals surface area contributed by atoms with Gasteiger partial charge in [-0.25, -0.2) is 4.98 Å². The Labute approximate surface area is 195 Å². The number of fused-ring (bicyclic) bond motifs is 2. The third-order valence-corrected chi connectivity index (χ3v) is 5.39. The van der Waals surface area contributed by atoms with E-state index in [0.29, 0.717) is 34.8 Å². The predicted octanol–water partition coefficient (Wildman–Crippen LogP) is 3.34. The lowest BCUT2D eigenvalue weighted by atomic mass is 10.1. The normalized spacial score (nSPS) is 11.3. The fraction of sp³-hybridized carbons (Fsp3) is 0.160. The van der Waals surface area contributed by atoms with Crippen LogP contribution < -0.4 is 10.6 Å². The van der Waals surface area contributed by atoms with Gasteiger partial charge in [0.1, 0.15) is 11.4 Å². The van der Waals surface area contributed by atoms with Gasteiger partial charge in [0.2, 0.25) is 0 Å². The van der Waals surface area contributed by atoms with E-state index in [1.165, 1.54) is 0 Å². The van der Waals surface area contributed by atoms with Crippen LogP contribution in [0.15, 0.2) is 67.1 Å². The van der Waals surface area contributed by atoms with Gasteiger partial charge in [-0.3, -0.25) is 24.1 Å². The zero-order valence-electron chi connectivity index (χ0n) is 18.7. The number of carbonyl (C=O) groups excluding carboxylic acids is 2. The standard InChI is InChI=1S/C25H23N7O2/c1-15(2)29-25(34)22-21(20-7-3-4-10-26-20)30-23-18(6-5-11-32(22)23)24(33)27-13-16-8-9-19-17(12-16)14-28-31-19/h3-12,14-15H,13H2,1-2H3,(H,27,33)(H,28,31)(H,29,34). The van der Waals surface area contributed by atoms with Crippen LogP contribution in [0.5, 0.6) is 0 Å². The highest BCUT2D eigenvalue weighted by atomic mass is 16.2. The van der Waals surface area contributed by atoms with Gasteiger partial charge in [0, 0.05) is 30.4 Å². The second-order valence-electron chi connectivity index (χ2n) is 8.24. The number of nitrogens with one attached hydrogen (secondary N) is 3. The number of rotatable bonds is 6. The highest BCUT2D eigenvalue weighted by Crippen LogP contribution is 2.25. The number of hydrogen-bond acceptors (Lipinski definition) is 5. The highest BCUT2D eigenvalue weighted by Gasteiger charge is 2.24. The van der Waals surface area contributed by atoms with Gasteiger partial charge in [-0.15, -0.1) is 0 Å². The minimum Gasteiger partial charge on any atom is -0.349 e. The van der Waals surface area contributed by atoms with Crippen molar-refractivity contribution >= 4 is 28.4 Å². The maximum Gasteiger partial charge on any atom is 0.270 e. The monoisotopic (exact) mass is 453 g/mol. The van der Waals surface area contributed by atoms with Crippen molar-refractivity contribution in [2.24, 2.45) is 0 Å². The summed E-state index contributed by atoms with van der Waals surface area (Å²) >= 11 is 0. The minimum atomic E-state index is -0.286. The molecule has 0 radical (unpaired) electrons. The third kappa shape index (κ3) is 3.99. The quantitative estimate of drug-likeness (QED) is 0.365. The van der Waals surface area contributed by atoms with Crippen molar-refractivity contribution in [1.29, 1.82) is 0 Å². The third-order valence-electron chi connectivity index (χ3n) is 5.39. The molecule has 34 heavy (non-hydrogen) atoms.